The third-order valence-corrected chi connectivity index (χ3v) is 7.24. The first-order valence-electron chi connectivity index (χ1n) is 9.38. The number of phenolic OH excluding ortho intramolecular Hbond substituents is 1. The lowest BCUT2D eigenvalue weighted by Gasteiger charge is -2.31. The molecular weight excluding hydrogens is 374 g/mol. The number of piperidine rings is 1. The molecule has 3 aromatic rings. The van der Waals surface area contributed by atoms with Crippen molar-refractivity contribution in [3.8, 4) is 16.9 Å². The monoisotopic (exact) mass is 397 g/mol. The second-order valence-corrected chi connectivity index (χ2v) is 9.06. The molecule has 0 bridgehead atoms. The summed E-state index contributed by atoms with van der Waals surface area (Å²) in [5.41, 5.74) is 1.43. The molecule has 7 heteroatoms. The van der Waals surface area contributed by atoms with E-state index >= 15 is 0 Å². The quantitative estimate of drug-likeness (QED) is 0.716. The normalized spacial score (nSPS) is 16.3. The largest absolute Gasteiger partial charge is 0.508 e. The lowest BCUT2D eigenvalue weighted by Crippen LogP contribution is -2.39. The lowest BCUT2D eigenvalue weighted by molar-refractivity contribution is 0.253. The topological polar surface area (TPSA) is 75.4 Å². The van der Waals surface area contributed by atoms with Gasteiger partial charge in [0.25, 0.3) is 0 Å². The first-order valence-corrected chi connectivity index (χ1v) is 10.8. The van der Waals surface area contributed by atoms with Crippen molar-refractivity contribution in [3.05, 3.63) is 67.3 Å². The molecule has 146 valence electrons. The molecule has 2 aromatic carbocycles. The van der Waals surface area contributed by atoms with Crippen LogP contribution in [0, 0.1) is 5.92 Å². The zero-order valence-corrected chi connectivity index (χ0v) is 16.3. The summed E-state index contributed by atoms with van der Waals surface area (Å²) < 4.78 is 30.3. The van der Waals surface area contributed by atoms with Crippen molar-refractivity contribution in [2.75, 3.05) is 13.1 Å². The number of rotatable bonds is 5. The highest BCUT2D eigenvalue weighted by Crippen LogP contribution is 2.32. The van der Waals surface area contributed by atoms with Crippen molar-refractivity contribution in [1.29, 1.82) is 0 Å². The van der Waals surface area contributed by atoms with Crippen LogP contribution in [0.1, 0.15) is 12.8 Å². The molecule has 1 saturated heterocycles. The van der Waals surface area contributed by atoms with Gasteiger partial charge in [-0.15, -0.1) is 0 Å². The van der Waals surface area contributed by atoms with Crippen molar-refractivity contribution < 1.29 is 13.5 Å². The average Bonchev–Trinajstić information content (AvgIpc) is 3.22. The highest BCUT2D eigenvalue weighted by atomic mass is 32.2. The fourth-order valence-corrected chi connectivity index (χ4v) is 5.42. The first kappa shape index (κ1) is 18.7. The maximum Gasteiger partial charge on any atom is 0.243 e. The van der Waals surface area contributed by atoms with Gasteiger partial charge in [-0.05, 0) is 42.5 Å². The van der Waals surface area contributed by atoms with Gasteiger partial charge in [0.2, 0.25) is 10.0 Å². The number of hydrogen-bond acceptors (Lipinski definition) is 4. The van der Waals surface area contributed by atoms with Crippen LogP contribution in [0.15, 0.2) is 72.1 Å². The number of benzene rings is 2. The molecule has 4 rings (SSSR count). The van der Waals surface area contributed by atoms with Crippen LogP contribution in [0.3, 0.4) is 0 Å². The van der Waals surface area contributed by atoms with Crippen molar-refractivity contribution in [2.45, 2.75) is 24.3 Å². The Morgan fingerprint density at radius 1 is 1.04 bits per heavy atom. The number of aromatic nitrogens is 2. The van der Waals surface area contributed by atoms with Crippen LogP contribution in [0.4, 0.5) is 0 Å². The molecule has 2 heterocycles. The van der Waals surface area contributed by atoms with Gasteiger partial charge < -0.3 is 9.67 Å². The van der Waals surface area contributed by atoms with Gasteiger partial charge in [0.1, 0.15) is 5.75 Å². The Kier molecular flexibility index (Phi) is 5.19. The molecule has 1 aliphatic heterocycles. The Morgan fingerprint density at radius 3 is 2.43 bits per heavy atom. The molecule has 6 nitrogen and oxygen atoms in total. The molecule has 28 heavy (non-hydrogen) atoms. The Labute approximate surface area is 165 Å². The number of phenols is 1. The fourth-order valence-electron chi connectivity index (χ4n) is 3.74. The van der Waals surface area contributed by atoms with Crippen molar-refractivity contribution >= 4 is 10.0 Å². The minimum absolute atomic E-state index is 0.157. The molecule has 0 spiro atoms. The van der Waals surface area contributed by atoms with Crippen molar-refractivity contribution in [1.82, 2.24) is 13.9 Å². The van der Waals surface area contributed by atoms with Crippen LogP contribution >= 0.6 is 0 Å². The van der Waals surface area contributed by atoms with E-state index in [1.165, 1.54) is 0 Å². The molecule has 0 unspecified atom stereocenters. The van der Waals surface area contributed by atoms with Gasteiger partial charge in [0.05, 0.1) is 11.2 Å². The van der Waals surface area contributed by atoms with Gasteiger partial charge in [-0.1, -0.05) is 30.3 Å². The van der Waals surface area contributed by atoms with Crippen molar-refractivity contribution in [3.63, 3.8) is 0 Å². The number of sulfonamides is 1. The molecule has 0 saturated carbocycles. The summed E-state index contributed by atoms with van der Waals surface area (Å²) in [5.74, 6) is 0.608. The van der Waals surface area contributed by atoms with E-state index < -0.39 is 10.0 Å². The van der Waals surface area contributed by atoms with Gasteiger partial charge in [-0.3, -0.25) is 0 Å². The van der Waals surface area contributed by atoms with E-state index in [0.29, 0.717) is 29.5 Å². The van der Waals surface area contributed by atoms with Crippen LogP contribution in [0.5, 0.6) is 5.75 Å². The summed E-state index contributed by atoms with van der Waals surface area (Å²) in [5, 5.41) is 9.52. The van der Waals surface area contributed by atoms with E-state index in [9.17, 15) is 13.5 Å². The molecular formula is C21H23N3O3S. The van der Waals surface area contributed by atoms with Crippen LogP contribution in [-0.2, 0) is 16.6 Å². The summed E-state index contributed by atoms with van der Waals surface area (Å²) in [4.78, 5) is 4.38. The van der Waals surface area contributed by atoms with E-state index in [-0.39, 0.29) is 5.75 Å². The van der Waals surface area contributed by atoms with E-state index in [4.69, 9.17) is 0 Å². The van der Waals surface area contributed by atoms with Crippen LogP contribution in [0.25, 0.3) is 11.1 Å². The van der Waals surface area contributed by atoms with Crippen LogP contribution in [0.2, 0.25) is 0 Å². The summed E-state index contributed by atoms with van der Waals surface area (Å²) in [6, 6.07) is 13.7. The minimum Gasteiger partial charge on any atom is -0.508 e. The summed E-state index contributed by atoms with van der Waals surface area (Å²) in [6.45, 7) is 1.91. The molecule has 0 aliphatic carbocycles. The van der Waals surface area contributed by atoms with Gasteiger partial charge >= 0.3 is 0 Å². The van der Waals surface area contributed by atoms with E-state index in [2.05, 4.69) is 9.55 Å². The summed E-state index contributed by atoms with van der Waals surface area (Å²) in [7, 11) is -3.58. The number of hydrogen-bond donors (Lipinski definition) is 1. The number of nitrogens with zero attached hydrogens (tertiary/aromatic N) is 3. The van der Waals surface area contributed by atoms with Crippen LogP contribution < -0.4 is 0 Å². The maximum absolute atomic E-state index is 13.3. The highest BCUT2D eigenvalue weighted by molar-refractivity contribution is 7.89. The molecule has 0 radical (unpaired) electrons. The summed E-state index contributed by atoms with van der Waals surface area (Å²) >= 11 is 0. The van der Waals surface area contributed by atoms with Gasteiger partial charge in [-0.25, -0.2) is 13.4 Å². The SMILES string of the molecule is O=S(=O)(c1ccccc1-c1ccc(O)cc1)N1CCC(Cn2ccnc2)CC1. The molecule has 1 aromatic heterocycles. The standard InChI is InChI=1S/C21H23N3O3S/c25-19-7-5-18(6-8-19)20-3-1-2-4-21(20)28(26,27)24-12-9-17(10-13-24)15-23-14-11-22-16-23/h1-8,11,14,16-17,25H,9-10,12-13,15H2. The minimum atomic E-state index is -3.58. The van der Waals surface area contributed by atoms with Crippen LogP contribution in [-0.4, -0.2) is 40.5 Å². The molecule has 0 amide bonds. The molecule has 1 aliphatic rings. The predicted molar refractivity (Wildman–Crippen MR) is 107 cm³/mol. The number of imidazole rings is 1. The summed E-state index contributed by atoms with van der Waals surface area (Å²) in [6.07, 6.45) is 7.17. The van der Waals surface area contributed by atoms with Crippen molar-refractivity contribution in [2.24, 2.45) is 5.92 Å². The second-order valence-electron chi connectivity index (χ2n) is 7.15. The second kappa shape index (κ2) is 7.77. The molecule has 0 atom stereocenters. The maximum atomic E-state index is 13.3. The van der Waals surface area contributed by atoms with E-state index in [1.54, 1.807) is 53.2 Å². The van der Waals surface area contributed by atoms with E-state index in [0.717, 1.165) is 24.9 Å². The van der Waals surface area contributed by atoms with Gasteiger partial charge in [0, 0.05) is 37.6 Å². The Morgan fingerprint density at radius 2 is 1.75 bits per heavy atom. The fraction of sp³-hybridized carbons (Fsp3) is 0.286. The lowest BCUT2D eigenvalue weighted by atomic mass is 9.98. The zero-order chi connectivity index (χ0) is 19.6. The average molecular weight is 398 g/mol. The third kappa shape index (κ3) is 3.81. The Bertz CT molecular complexity index is 1020. The highest BCUT2D eigenvalue weighted by Gasteiger charge is 2.31. The van der Waals surface area contributed by atoms with Gasteiger partial charge in [-0.2, -0.15) is 4.31 Å². The molecule has 1 fully saturated rings. The zero-order valence-electron chi connectivity index (χ0n) is 15.5. The van der Waals surface area contributed by atoms with Gasteiger partial charge in [0.15, 0.2) is 0 Å². The third-order valence-electron chi connectivity index (χ3n) is 5.28. The smallest absolute Gasteiger partial charge is 0.243 e. The predicted octanol–water partition coefficient (Wildman–Crippen LogP) is 3.36. The molecule has 1 N–H and O–H groups in total. The first-order chi connectivity index (χ1) is 13.5. The Hall–Kier alpha value is -2.64. The van der Waals surface area contributed by atoms with E-state index in [1.807, 2.05) is 18.3 Å². The Balaban J connectivity index is 1.54. The number of aromatic hydroxyl groups is 1.